The van der Waals surface area contributed by atoms with Gasteiger partial charge in [-0.1, -0.05) is 29.5 Å². The van der Waals surface area contributed by atoms with Crippen molar-refractivity contribution >= 4 is 27.5 Å². The lowest BCUT2D eigenvalue weighted by Crippen LogP contribution is -2.30. The molecule has 19 heavy (non-hydrogen) atoms. The average Bonchev–Trinajstić information content (AvgIpc) is 3.07. The van der Waals surface area contributed by atoms with Crippen molar-refractivity contribution < 1.29 is 4.57 Å². The molecule has 4 heterocycles. The Bertz CT molecular complexity index is 951. The van der Waals surface area contributed by atoms with Crippen LogP contribution in [-0.4, -0.2) is 14.4 Å². The van der Waals surface area contributed by atoms with Crippen LogP contribution in [0.15, 0.2) is 42.9 Å². The maximum Gasteiger partial charge on any atom is 0.362 e. The number of hydrogen-bond donors (Lipinski definition) is 0. The molecule has 0 amide bonds. The second-order valence-electron chi connectivity index (χ2n) is 4.70. The molecule has 0 radical (unpaired) electrons. The van der Waals surface area contributed by atoms with Gasteiger partial charge < -0.3 is 0 Å². The van der Waals surface area contributed by atoms with Crippen LogP contribution in [0.2, 0.25) is 0 Å². The molecule has 1 aromatic carbocycles. The minimum absolute atomic E-state index is 0.912. The van der Waals surface area contributed by atoms with Gasteiger partial charge in [0, 0.05) is 23.5 Å². The van der Waals surface area contributed by atoms with Crippen molar-refractivity contribution in [3.63, 3.8) is 0 Å². The number of imidazole rings is 1. The number of benzene rings is 1. The van der Waals surface area contributed by atoms with E-state index in [0.717, 1.165) is 17.8 Å². The third-order valence-corrected chi connectivity index (χ3v) is 4.85. The first-order valence-corrected chi connectivity index (χ1v) is 6.96. The Morgan fingerprint density at radius 3 is 3.21 bits per heavy atom. The number of fused-ring (bicyclic) bond motifs is 7. The second kappa shape index (κ2) is 3.19. The largest absolute Gasteiger partial charge is 0.362 e. The number of thiazole rings is 1. The fourth-order valence-electron chi connectivity index (χ4n) is 2.77. The van der Waals surface area contributed by atoms with Crippen LogP contribution >= 0.6 is 11.3 Å². The molecule has 5 heteroatoms. The van der Waals surface area contributed by atoms with Crippen LogP contribution in [-0.2, 0) is 6.54 Å². The van der Waals surface area contributed by atoms with Gasteiger partial charge in [-0.25, -0.2) is 4.57 Å². The zero-order chi connectivity index (χ0) is 12.4. The molecule has 3 aromatic heterocycles. The monoisotopic (exact) mass is 265 g/mol. The molecule has 0 saturated carbocycles. The standard InChI is InChI=1S/C14H9N4S/c1-2-4-10-9(3-1)8-18-12-14(19-13(10)18)17-6-5-15-7-11(17)16-12/h1-7H,8H2/q+1. The van der Waals surface area contributed by atoms with Crippen molar-refractivity contribution in [2.75, 3.05) is 0 Å². The molecule has 90 valence electrons. The van der Waals surface area contributed by atoms with Gasteiger partial charge in [0.25, 0.3) is 5.65 Å². The van der Waals surface area contributed by atoms with Gasteiger partial charge in [0.05, 0.1) is 6.20 Å². The summed E-state index contributed by atoms with van der Waals surface area (Å²) in [5.41, 5.74) is 4.69. The molecular formula is C14H9N4S+. The van der Waals surface area contributed by atoms with Gasteiger partial charge in [-0.15, -0.1) is 0 Å². The SMILES string of the molecule is c1ccc2c(c1)C[n+]1c-2sc2c1nc1cnccn12. The van der Waals surface area contributed by atoms with Gasteiger partial charge in [0.2, 0.25) is 4.83 Å². The molecule has 4 nitrogen and oxygen atoms in total. The Balaban J connectivity index is 1.93. The lowest BCUT2D eigenvalue weighted by molar-refractivity contribution is -0.643. The van der Waals surface area contributed by atoms with E-state index < -0.39 is 0 Å². The number of aromatic nitrogens is 4. The van der Waals surface area contributed by atoms with Crippen LogP contribution in [0.25, 0.3) is 26.7 Å². The fourth-order valence-corrected chi connectivity index (χ4v) is 4.02. The zero-order valence-electron chi connectivity index (χ0n) is 9.95. The van der Waals surface area contributed by atoms with Gasteiger partial charge in [-0.05, 0) is 11.1 Å². The summed E-state index contributed by atoms with van der Waals surface area (Å²) in [5, 5.41) is 1.30. The van der Waals surface area contributed by atoms with Gasteiger partial charge in [0.1, 0.15) is 6.54 Å². The molecule has 0 spiro atoms. The molecule has 0 fully saturated rings. The van der Waals surface area contributed by atoms with Crippen molar-refractivity contribution in [1.29, 1.82) is 0 Å². The van der Waals surface area contributed by atoms with E-state index >= 15 is 0 Å². The summed E-state index contributed by atoms with van der Waals surface area (Å²) < 4.78 is 4.42. The maximum absolute atomic E-state index is 4.70. The van der Waals surface area contributed by atoms with E-state index in [-0.39, 0.29) is 0 Å². The van der Waals surface area contributed by atoms with Crippen molar-refractivity contribution in [3.05, 3.63) is 48.4 Å². The van der Waals surface area contributed by atoms with E-state index in [1.54, 1.807) is 17.5 Å². The average molecular weight is 265 g/mol. The van der Waals surface area contributed by atoms with Crippen LogP contribution in [0.1, 0.15) is 5.56 Å². The molecular weight excluding hydrogens is 256 g/mol. The first-order valence-electron chi connectivity index (χ1n) is 6.14. The highest BCUT2D eigenvalue weighted by molar-refractivity contribution is 7.20. The van der Waals surface area contributed by atoms with Crippen LogP contribution in [0.4, 0.5) is 0 Å². The highest BCUT2D eigenvalue weighted by Crippen LogP contribution is 2.35. The molecule has 0 bridgehead atoms. The van der Waals surface area contributed by atoms with E-state index in [0.29, 0.717) is 0 Å². The van der Waals surface area contributed by atoms with Crippen molar-refractivity contribution in [1.82, 2.24) is 14.4 Å². The van der Waals surface area contributed by atoms with Gasteiger partial charge in [-0.2, -0.15) is 0 Å². The lowest BCUT2D eigenvalue weighted by atomic mass is 10.1. The van der Waals surface area contributed by atoms with E-state index in [9.17, 15) is 0 Å². The second-order valence-corrected chi connectivity index (χ2v) is 5.67. The summed E-state index contributed by atoms with van der Waals surface area (Å²) in [4.78, 5) is 10.0. The molecule has 0 aliphatic carbocycles. The van der Waals surface area contributed by atoms with Crippen molar-refractivity contribution in [2.45, 2.75) is 6.54 Å². The highest BCUT2D eigenvalue weighted by Gasteiger charge is 2.31. The minimum Gasteiger partial charge on any atom is -0.262 e. The summed E-state index contributed by atoms with van der Waals surface area (Å²) in [6.07, 6.45) is 5.59. The van der Waals surface area contributed by atoms with Gasteiger partial charge in [0.15, 0.2) is 5.01 Å². The Kier molecular flexibility index (Phi) is 1.62. The predicted octanol–water partition coefficient (Wildman–Crippen LogP) is 2.26. The molecule has 0 saturated heterocycles. The Morgan fingerprint density at radius 2 is 2.21 bits per heavy atom. The number of nitrogens with zero attached hydrogens (tertiary/aromatic N) is 4. The third-order valence-electron chi connectivity index (χ3n) is 3.64. The number of rotatable bonds is 0. The maximum atomic E-state index is 4.70. The van der Waals surface area contributed by atoms with E-state index in [1.165, 1.54) is 21.0 Å². The van der Waals surface area contributed by atoms with E-state index in [4.69, 9.17) is 4.98 Å². The van der Waals surface area contributed by atoms with Crippen LogP contribution in [0.5, 0.6) is 0 Å². The van der Waals surface area contributed by atoms with Crippen LogP contribution in [0, 0.1) is 0 Å². The normalized spacial score (nSPS) is 13.1. The van der Waals surface area contributed by atoms with Gasteiger partial charge in [-0.3, -0.25) is 9.38 Å². The molecule has 5 rings (SSSR count). The molecule has 0 N–H and O–H groups in total. The zero-order valence-corrected chi connectivity index (χ0v) is 10.8. The molecule has 4 aromatic rings. The van der Waals surface area contributed by atoms with E-state index in [2.05, 4.69) is 38.2 Å². The van der Waals surface area contributed by atoms with E-state index in [1.807, 2.05) is 12.4 Å². The van der Waals surface area contributed by atoms with Crippen LogP contribution in [0.3, 0.4) is 0 Å². The summed E-state index contributed by atoms with van der Waals surface area (Å²) in [6, 6.07) is 8.58. The topological polar surface area (TPSA) is 34.1 Å². The number of hydrogen-bond acceptors (Lipinski definition) is 3. The Hall–Kier alpha value is -2.27. The fraction of sp³-hybridized carbons (Fsp3) is 0.0714. The summed E-state index contributed by atoms with van der Waals surface area (Å²) in [7, 11) is 0. The summed E-state index contributed by atoms with van der Waals surface area (Å²) >= 11 is 1.80. The predicted molar refractivity (Wildman–Crippen MR) is 73.1 cm³/mol. The first-order chi connectivity index (χ1) is 9.42. The summed E-state index contributed by atoms with van der Waals surface area (Å²) in [5.74, 6) is 0. The third kappa shape index (κ3) is 1.11. The highest BCUT2D eigenvalue weighted by atomic mass is 32.1. The summed E-state index contributed by atoms with van der Waals surface area (Å²) in [6.45, 7) is 0.919. The molecule has 0 atom stereocenters. The quantitative estimate of drug-likeness (QED) is 0.402. The molecule has 1 aliphatic rings. The van der Waals surface area contributed by atoms with Crippen LogP contribution < -0.4 is 4.57 Å². The van der Waals surface area contributed by atoms with Gasteiger partial charge >= 0.3 is 5.65 Å². The molecule has 0 unspecified atom stereocenters. The minimum atomic E-state index is 0.912. The smallest absolute Gasteiger partial charge is 0.262 e. The van der Waals surface area contributed by atoms with Crippen molar-refractivity contribution in [3.8, 4) is 10.6 Å². The Labute approximate surface area is 112 Å². The first kappa shape index (κ1) is 9.63. The Morgan fingerprint density at radius 1 is 1.26 bits per heavy atom. The molecule has 1 aliphatic heterocycles. The lowest BCUT2D eigenvalue weighted by Gasteiger charge is -1.92. The van der Waals surface area contributed by atoms with Crippen molar-refractivity contribution in [2.24, 2.45) is 0 Å².